The lowest BCUT2D eigenvalue weighted by Gasteiger charge is -2.24. The molecule has 3 aromatic heterocycles. The predicted molar refractivity (Wildman–Crippen MR) is 239 cm³/mol. The molecule has 8 bridgehead atoms. The zero-order valence-electron chi connectivity index (χ0n) is 34.9. The SMILES string of the molecule is CC1=C(C)c2nc1c(C1CCCCC1)c1nc(c(C3CCCCC3)c3[nH]c(c(C)c3C)c(-c3ccccc3)c3[nH]c(c(C)c3C)c2-c2ccccc2)C(C)=C1C. The zero-order valence-corrected chi connectivity index (χ0v) is 34.9. The van der Waals surface area contributed by atoms with Crippen LogP contribution >= 0.6 is 0 Å². The predicted octanol–water partition coefficient (Wildman–Crippen LogP) is 14.9. The molecule has 2 saturated carbocycles. The largest absolute Gasteiger partial charge is 0.354 e. The number of hydrogen-bond donors (Lipinski definition) is 2. The second kappa shape index (κ2) is 14.5. The minimum atomic E-state index is 0.438. The average Bonchev–Trinajstić information content (AvgIpc) is 3.89. The van der Waals surface area contributed by atoms with E-state index >= 15 is 0 Å². The van der Waals surface area contributed by atoms with Crippen molar-refractivity contribution in [2.45, 2.75) is 131 Å². The van der Waals surface area contributed by atoms with E-state index in [4.69, 9.17) is 9.97 Å². The smallest absolute Gasteiger partial charge is 0.0769 e. The summed E-state index contributed by atoms with van der Waals surface area (Å²) < 4.78 is 0. The maximum absolute atomic E-state index is 5.90. The first kappa shape index (κ1) is 36.7. The third-order valence-electron chi connectivity index (χ3n) is 14.3. The summed E-state index contributed by atoms with van der Waals surface area (Å²) in [6.07, 6.45) is 12.5. The van der Waals surface area contributed by atoms with Gasteiger partial charge < -0.3 is 9.97 Å². The minimum Gasteiger partial charge on any atom is -0.354 e. The fraction of sp³-hybridized carbons (Fsp3) is 0.385. The number of benzene rings is 2. The van der Waals surface area contributed by atoms with Gasteiger partial charge in [0, 0.05) is 27.8 Å². The number of rotatable bonds is 4. The number of nitrogens with zero attached hydrogens (tertiary/aromatic N) is 2. The first-order chi connectivity index (χ1) is 27.2. The highest BCUT2D eigenvalue weighted by atomic mass is 14.8. The van der Waals surface area contributed by atoms with Gasteiger partial charge in [-0.2, -0.15) is 0 Å². The Labute approximate surface area is 333 Å². The van der Waals surface area contributed by atoms with Crippen molar-refractivity contribution in [2.24, 2.45) is 0 Å². The van der Waals surface area contributed by atoms with E-state index in [0.29, 0.717) is 11.8 Å². The van der Waals surface area contributed by atoms with Crippen molar-refractivity contribution in [3.63, 3.8) is 0 Å². The van der Waals surface area contributed by atoms with E-state index in [1.54, 1.807) is 0 Å². The van der Waals surface area contributed by atoms with Crippen molar-refractivity contribution in [1.29, 1.82) is 0 Å². The number of aromatic nitrogens is 4. The first-order valence-electron chi connectivity index (χ1n) is 21.4. The first-order valence-corrected chi connectivity index (χ1v) is 21.4. The van der Waals surface area contributed by atoms with Crippen LogP contribution in [0.1, 0.15) is 160 Å². The summed E-state index contributed by atoms with van der Waals surface area (Å²) in [4.78, 5) is 20.1. The van der Waals surface area contributed by atoms with Crippen molar-refractivity contribution in [3.05, 3.63) is 117 Å². The molecule has 0 spiro atoms. The summed E-state index contributed by atoms with van der Waals surface area (Å²) in [6, 6.07) is 22.0. The van der Waals surface area contributed by atoms with Crippen LogP contribution in [0.3, 0.4) is 0 Å². The van der Waals surface area contributed by atoms with Crippen LogP contribution in [-0.2, 0) is 0 Å². The third-order valence-corrected chi connectivity index (χ3v) is 14.3. The van der Waals surface area contributed by atoms with Gasteiger partial charge in [-0.3, -0.25) is 0 Å². The monoisotopic (exact) mass is 738 g/mol. The number of H-pyrrole nitrogens is 2. The molecule has 0 saturated heterocycles. The Kier molecular flexibility index (Phi) is 9.51. The van der Waals surface area contributed by atoms with Crippen molar-refractivity contribution >= 4 is 44.4 Å². The topological polar surface area (TPSA) is 57.4 Å². The molecule has 4 heteroatoms. The number of allylic oxidation sites excluding steroid dienone is 4. The molecule has 5 heterocycles. The second-order valence-electron chi connectivity index (χ2n) is 17.3. The molecule has 2 aliphatic carbocycles. The highest BCUT2D eigenvalue weighted by Crippen LogP contribution is 2.49. The molecule has 2 fully saturated rings. The lowest BCUT2D eigenvalue weighted by molar-refractivity contribution is 0.441. The van der Waals surface area contributed by atoms with Crippen LogP contribution in [0.2, 0.25) is 0 Å². The van der Waals surface area contributed by atoms with E-state index in [2.05, 4.69) is 126 Å². The van der Waals surface area contributed by atoms with Gasteiger partial charge in [0.15, 0.2) is 0 Å². The van der Waals surface area contributed by atoms with Crippen LogP contribution in [-0.4, -0.2) is 19.9 Å². The number of hydrogen-bond acceptors (Lipinski definition) is 2. The van der Waals surface area contributed by atoms with Gasteiger partial charge in [0.1, 0.15) is 0 Å². The molecule has 2 N–H and O–H groups in total. The molecular weight excluding hydrogens is 681 g/mol. The minimum absolute atomic E-state index is 0.438. The maximum Gasteiger partial charge on any atom is 0.0769 e. The van der Waals surface area contributed by atoms with E-state index in [1.807, 2.05) is 0 Å². The molecule has 2 aromatic carbocycles. The van der Waals surface area contributed by atoms with Gasteiger partial charge in [-0.1, -0.05) is 99.2 Å². The van der Waals surface area contributed by atoms with Crippen LogP contribution in [0, 0.1) is 27.7 Å². The molecule has 4 aliphatic rings. The van der Waals surface area contributed by atoms with Crippen molar-refractivity contribution < 1.29 is 0 Å². The number of aromatic amines is 2. The van der Waals surface area contributed by atoms with E-state index in [-0.39, 0.29) is 0 Å². The van der Waals surface area contributed by atoms with E-state index in [9.17, 15) is 0 Å². The Morgan fingerprint density at radius 2 is 0.750 bits per heavy atom. The van der Waals surface area contributed by atoms with Crippen LogP contribution in [0.25, 0.3) is 66.6 Å². The van der Waals surface area contributed by atoms with Gasteiger partial charge in [-0.15, -0.1) is 0 Å². The number of nitrogens with one attached hydrogen (secondary N) is 2. The molecule has 2 aliphatic heterocycles. The summed E-state index contributed by atoms with van der Waals surface area (Å²) in [5, 5.41) is 0. The normalized spacial score (nSPS) is 17.0. The molecule has 0 radical (unpaired) electrons. The molecule has 56 heavy (non-hydrogen) atoms. The van der Waals surface area contributed by atoms with Gasteiger partial charge in [0.25, 0.3) is 0 Å². The molecule has 5 aromatic rings. The molecule has 4 nitrogen and oxygen atoms in total. The van der Waals surface area contributed by atoms with Crippen LogP contribution in [0.15, 0.2) is 60.7 Å². The van der Waals surface area contributed by atoms with Gasteiger partial charge in [-0.25, -0.2) is 9.97 Å². The van der Waals surface area contributed by atoms with Crippen molar-refractivity contribution in [1.82, 2.24) is 19.9 Å². The fourth-order valence-electron chi connectivity index (χ4n) is 10.5. The Morgan fingerprint density at radius 3 is 1.25 bits per heavy atom. The van der Waals surface area contributed by atoms with Crippen molar-refractivity contribution in [2.75, 3.05) is 0 Å². The molecule has 0 atom stereocenters. The van der Waals surface area contributed by atoms with Gasteiger partial charge in [0.2, 0.25) is 0 Å². The Balaban J connectivity index is 1.57. The second-order valence-corrected chi connectivity index (χ2v) is 17.3. The van der Waals surface area contributed by atoms with E-state index < -0.39 is 0 Å². The Bertz CT molecular complexity index is 2600. The molecule has 0 amide bonds. The number of aryl methyl sites for hydroxylation is 4. The Hall–Kier alpha value is -4.96. The quantitative estimate of drug-likeness (QED) is 0.193. The van der Waals surface area contributed by atoms with Gasteiger partial charge in [0.05, 0.1) is 39.3 Å². The van der Waals surface area contributed by atoms with Gasteiger partial charge >= 0.3 is 0 Å². The van der Waals surface area contributed by atoms with E-state index in [0.717, 1.165) is 22.4 Å². The summed E-state index contributed by atoms with van der Waals surface area (Å²) in [7, 11) is 0. The summed E-state index contributed by atoms with van der Waals surface area (Å²) in [5.41, 5.74) is 27.3. The molecule has 0 unspecified atom stereocenters. The maximum atomic E-state index is 5.90. The molecular formula is C52H58N4. The van der Waals surface area contributed by atoms with Crippen LogP contribution in [0.4, 0.5) is 0 Å². The van der Waals surface area contributed by atoms with Crippen LogP contribution < -0.4 is 0 Å². The van der Waals surface area contributed by atoms with Crippen molar-refractivity contribution in [3.8, 4) is 22.3 Å². The van der Waals surface area contributed by atoms with E-state index in [1.165, 1.54) is 165 Å². The summed E-state index contributed by atoms with van der Waals surface area (Å²) in [5.74, 6) is 0.899. The standard InChI is InChI=1S/C52H58N4/c1-29-30(2)46-42(38-23-15-10-16-24-38)48-33(5)34(6)50(55-48)44(40-27-19-12-20-28-40)52-36(8)35(7)51(56-52)43(39-25-17-11-18-26-39)49-32(4)31(3)47(54-49)41(45(29)53-46)37-21-13-9-14-22-37/h9-10,13-16,21-24,39-40,53-54H,11-12,17-20,25-28H2,1-8H3. The molecule has 286 valence electrons. The zero-order chi connectivity index (χ0) is 38.8. The third kappa shape index (κ3) is 5.85. The summed E-state index contributed by atoms with van der Waals surface area (Å²) in [6.45, 7) is 18.6. The molecule has 9 rings (SSSR count). The fourth-order valence-corrected chi connectivity index (χ4v) is 10.5. The lowest BCUT2D eigenvalue weighted by Crippen LogP contribution is -2.10. The average molecular weight is 739 g/mol. The van der Waals surface area contributed by atoms with Crippen LogP contribution in [0.5, 0.6) is 0 Å². The summed E-state index contributed by atoms with van der Waals surface area (Å²) >= 11 is 0. The van der Waals surface area contributed by atoms with Gasteiger partial charge in [-0.05, 0) is 149 Å². The Morgan fingerprint density at radius 1 is 0.393 bits per heavy atom. The highest BCUT2D eigenvalue weighted by Gasteiger charge is 2.33. The highest BCUT2D eigenvalue weighted by molar-refractivity contribution is 6.04. The number of fused-ring (bicyclic) bond motifs is 8. The lowest BCUT2D eigenvalue weighted by atomic mass is 9.80.